The van der Waals surface area contributed by atoms with E-state index in [2.05, 4.69) is 22.1 Å². The number of anilines is 3. The molecule has 1 saturated heterocycles. The van der Waals surface area contributed by atoms with Crippen LogP contribution in [-0.2, 0) is 6.18 Å². The van der Waals surface area contributed by atoms with Crippen molar-refractivity contribution in [2.24, 2.45) is 0 Å². The molecule has 9 heteroatoms. The summed E-state index contributed by atoms with van der Waals surface area (Å²) in [6, 6.07) is 9.71. The number of fused-ring (bicyclic) bond motifs is 1. The summed E-state index contributed by atoms with van der Waals surface area (Å²) in [5.74, 6) is 0.967. The Balaban J connectivity index is 1.74. The average molecular weight is 445 g/mol. The van der Waals surface area contributed by atoms with Crippen LogP contribution in [0.5, 0.6) is 0 Å². The van der Waals surface area contributed by atoms with Crippen LogP contribution in [0.25, 0.3) is 22.3 Å². The van der Waals surface area contributed by atoms with Crippen molar-refractivity contribution in [3.05, 3.63) is 42.0 Å². The summed E-state index contributed by atoms with van der Waals surface area (Å²) in [5, 5.41) is 4.47. The Morgan fingerprint density at radius 3 is 2.53 bits per heavy atom. The fourth-order valence-corrected chi connectivity index (χ4v) is 4.12. The predicted molar refractivity (Wildman–Crippen MR) is 122 cm³/mol. The quantitative estimate of drug-likeness (QED) is 0.384. The Hall–Kier alpha value is -3.07. The van der Waals surface area contributed by atoms with Gasteiger partial charge in [0, 0.05) is 35.9 Å². The maximum absolute atomic E-state index is 13.2. The lowest BCUT2D eigenvalue weighted by atomic mass is 10.0. The number of halogens is 3. The summed E-state index contributed by atoms with van der Waals surface area (Å²) in [5.41, 5.74) is 11.8. The summed E-state index contributed by atoms with van der Waals surface area (Å²) in [7, 11) is 0. The molecular formula is C23H27F3N6. The van der Waals surface area contributed by atoms with E-state index in [0.29, 0.717) is 11.6 Å². The fraction of sp³-hybridized carbons (Fsp3) is 0.391. The molecule has 170 valence electrons. The van der Waals surface area contributed by atoms with E-state index in [9.17, 15) is 13.2 Å². The number of para-hydroxylation sites is 1. The van der Waals surface area contributed by atoms with Gasteiger partial charge in [0.25, 0.3) is 0 Å². The second kappa shape index (κ2) is 8.82. The highest BCUT2D eigenvalue weighted by Crippen LogP contribution is 2.39. The summed E-state index contributed by atoms with van der Waals surface area (Å²) in [6.07, 6.45) is -1.28. The molecule has 1 aliphatic heterocycles. The smallest absolute Gasteiger partial charge is 0.398 e. The lowest BCUT2D eigenvalue weighted by Gasteiger charge is -2.21. The predicted octanol–water partition coefficient (Wildman–Crippen LogP) is 4.45. The lowest BCUT2D eigenvalue weighted by molar-refractivity contribution is -0.137. The van der Waals surface area contributed by atoms with Gasteiger partial charge in [-0.15, -0.1) is 0 Å². The number of alkyl halides is 3. The third kappa shape index (κ3) is 4.43. The van der Waals surface area contributed by atoms with Crippen LogP contribution in [-0.4, -0.2) is 35.6 Å². The molecule has 1 atom stereocenters. The molecule has 0 saturated carbocycles. The maximum Gasteiger partial charge on any atom is 0.416 e. The zero-order valence-electron chi connectivity index (χ0n) is 17.9. The molecule has 1 fully saturated rings. The first-order chi connectivity index (χ1) is 15.3. The normalized spacial score (nSPS) is 16.8. The molecule has 2 aromatic carbocycles. The molecule has 0 amide bonds. The third-order valence-electron chi connectivity index (χ3n) is 5.78. The number of unbranched alkanes of at least 4 members (excludes halogenated alkanes) is 1. The topological polar surface area (TPSA) is 93.1 Å². The van der Waals surface area contributed by atoms with E-state index in [4.69, 9.17) is 16.5 Å². The minimum Gasteiger partial charge on any atom is -0.398 e. The first-order valence-corrected chi connectivity index (χ1v) is 10.8. The van der Waals surface area contributed by atoms with E-state index in [-0.39, 0.29) is 22.8 Å². The van der Waals surface area contributed by atoms with Gasteiger partial charge in [-0.25, -0.2) is 9.97 Å². The molecular weight excluding hydrogens is 417 g/mol. The largest absolute Gasteiger partial charge is 0.416 e. The Morgan fingerprint density at radius 1 is 1.12 bits per heavy atom. The molecule has 0 aliphatic carbocycles. The zero-order valence-corrected chi connectivity index (χ0v) is 17.9. The first kappa shape index (κ1) is 22.1. The van der Waals surface area contributed by atoms with Crippen LogP contribution in [0, 0.1) is 0 Å². The van der Waals surface area contributed by atoms with E-state index in [0.717, 1.165) is 62.2 Å². The summed E-state index contributed by atoms with van der Waals surface area (Å²) in [4.78, 5) is 11.5. The van der Waals surface area contributed by atoms with Gasteiger partial charge in [0.2, 0.25) is 0 Å². The van der Waals surface area contributed by atoms with Gasteiger partial charge >= 0.3 is 6.18 Å². The van der Waals surface area contributed by atoms with Gasteiger partial charge in [0.05, 0.1) is 16.6 Å². The first-order valence-electron chi connectivity index (χ1n) is 10.8. The number of nitrogens with two attached hydrogens (primary N) is 2. The van der Waals surface area contributed by atoms with Gasteiger partial charge < -0.3 is 21.7 Å². The van der Waals surface area contributed by atoms with E-state index >= 15 is 0 Å². The highest BCUT2D eigenvalue weighted by Gasteiger charge is 2.32. The van der Waals surface area contributed by atoms with Crippen LogP contribution in [0.15, 0.2) is 36.4 Å². The molecule has 2 heterocycles. The van der Waals surface area contributed by atoms with E-state index < -0.39 is 11.7 Å². The number of nitrogens with zero attached hydrogens (tertiary/aromatic N) is 3. The highest BCUT2D eigenvalue weighted by molar-refractivity contribution is 5.93. The third-order valence-corrected chi connectivity index (χ3v) is 5.78. The van der Waals surface area contributed by atoms with Crippen molar-refractivity contribution in [1.29, 1.82) is 0 Å². The SMILES string of the molecule is CCCCNC1CCN(c2nc(-c3c(N)cc(C(F)(F)F)cc3N)nc3ccccc23)C1. The van der Waals surface area contributed by atoms with E-state index in [1.54, 1.807) is 0 Å². The molecule has 4 rings (SSSR count). The van der Waals surface area contributed by atoms with Crippen molar-refractivity contribution in [2.75, 3.05) is 36.0 Å². The zero-order chi connectivity index (χ0) is 22.9. The van der Waals surface area contributed by atoms with Crippen molar-refractivity contribution in [2.45, 2.75) is 38.4 Å². The molecule has 3 aromatic rings. The van der Waals surface area contributed by atoms with Crippen molar-refractivity contribution in [3.8, 4) is 11.4 Å². The van der Waals surface area contributed by atoms with Crippen LogP contribution >= 0.6 is 0 Å². The van der Waals surface area contributed by atoms with Gasteiger partial charge in [0.15, 0.2) is 5.82 Å². The van der Waals surface area contributed by atoms with E-state index in [1.807, 2.05) is 24.3 Å². The monoisotopic (exact) mass is 444 g/mol. The lowest BCUT2D eigenvalue weighted by Crippen LogP contribution is -2.33. The van der Waals surface area contributed by atoms with Crippen LogP contribution in [0.1, 0.15) is 31.7 Å². The number of aromatic nitrogens is 2. The van der Waals surface area contributed by atoms with Gasteiger partial charge in [0.1, 0.15) is 5.82 Å². The minimum absolute atomic E-state index is 0.0981. The Labute approximate surface area is 184 Å². The van der Waals surface area contributed by atoms with Crippen molar-refractivity contribution in [3.63, 3.8) is 0 Å². The standard InChI is InChI=1S/C23H27F3N6/c1-2-3-9-29-15-8-10-32(13-15)22-16-6-4-5-7-19(16)30-21(31-22)20-17(27)11-14(12-18(20)28)23(24,25)26/h4-7,11-12,15,29H,2-3,8-10,13,27-28H2,1H3. The Bertz CT molecular complexity index is 1090. The molecule has 5 N–H and O–H groups in total. The molecule has 1 aliphatic rings. The van der Waals surface area contributed by atoms with Crippen LogP contribution in [0.3, 0.4) is 0 Å². The van der Waals surface area contributed by atoms with Gasteiger partial charge in [-0.1, -0.05) is 25.5 Å². The molecule has 1 unspecified atom stereocenters. The highest BCUT2D eigenvalue weighted by atomic mass is 19.4. The summed E-state index contributed by atoms with van der Waals surface area (Å²) >= 11 is 0. The van der Waals surface area contributed by atoms with Crippen LogP contribution in [0.4, 0.5) is 30.4 Å². The number of hydrogen-bond acceptors (Lipinski definition) is 6. The number of nitrogen functional groups attached to an aromatic ring is 2. The molecule has 1 aromatic heterocycles. The van der Waals surface area contributed by atoms with Gasteiger partial charge in [-0.3, -0.25) is 0 Å². The molecule has 0 bridgehead atoms. The number of hydrogen-bond donors (Lipinski definition) is 3. The molecule has 6 nitrogen and oxygen atoms in total. The number of rotatable bonds is 6. The summed E-state index contributed by atoms with van der Waals surface area (Å²) in [6.45, 7) is 4.75. The maximum atomic E-state index is 13.2. The average Bonchev–Trinajstić information content (AvgIpc) is 3.21. The van der Waals surface area contributed by atoms with Crippen LogP contribution in [0.2, 0.25) is 0 Å². The van der Waals surface area contributed by atoms with Crippen molar-refractivity contribution < 1.29 is 13.2 Å². The second-order valence-corrected chi connectivity index (χ2v) is 8.15. The van der Waals surface area contributed by atoms with Crippen molar-refractivity contribution in [1.82, 2.24) is 15.3 Å². The molecule has 0 spiro atoms. The molecule has 0 radical (unpaired) electrons. The Kier molecular flexibility index (Phi) is 6.10. The Morgan fingerprint density at radius 2 is 1.84 bits per heavy atom. The number of benzene rings is 2. The fourth-order valence-electron chi connectivity index (χ4n) is 4.12. The number of nitrogens with one attached hydrogen (secondary N) is 1. The minimum atomic E-state index is -4.54. The second-order valence-electron chi connectivity index (χ2n) is 8.15. The van der Waals surface area contributed by atoms with Gasteiger partial charge in [-0.2, -0.15) is 13.2 Å². The molecule has 32 heavy (non-hydrogen) atoms. The summed E-state index contributed by atoms with van der Waals surface area (Å²) < 4.78 is 39.5. The van der Waals surface area contributed by atoms with Crippen LogP contribution < -0.4 is 21.7 Å². The van der Waals surface area contributed by atoms with Crippen molar-refractivity contribution >= 4 is 28.1 Å². The van der Waals surface area contributed by atoms with E-state index in [1.165, 1.54) is 0 Å². The van der Waals surface area contributed by atoms with Gasteiger partial charge in [-0.05, 0) is 43.7 Å².